The van der Waals surface area contributed by atoms with Crippen molar-refractivity contribution in [2.45, 2.75) is 24.9 Å². The second-order valence-corrected chi connectivity index (χ2v) is 8.76. The highest BCUT2D eigenvalue weighted by Gasteiger charge is 2.43. The summed E-state index contributed by atoms with van der Waals surface area (Å²) in [5.74, 6) is -1.33. The zero-order valence-electron chi connectivity index (χ0n) is 20.7. The van der Waals surface area contributed by atoms with Gasteiger partial charge in [-0.3, -0.25) is 10.2 Å². The van der Waals surface area contributed by atoms with E-state index in [9.17, 15) is 13.6 Å². The smallest absolute Gasteiger partial charge is 0.266 e. The number of nitrogens with one attached hydrogen (secondary N) is 2. The fraction of sp³-hybridized carbons (Fsp3) is 0.241. The predicted octanol–water partition coefficient (Wildman–Crippen LogP) is 4.17. The number of aliphatic hydroxyl groups excluding tert-OH is 1. The Morgan fingerprint density at radius 2 is 1.87 bits per heavy atom. The fourth-order valence-electron chi connectivity index (χ4n) is 3.80. The van der Waals surface area contributed by atoms with Crippen molar-refractivity contribution in [3.63, 3.8) is 0 Å². The minimum atomic E-state index is -1.24. The van der Waals surface area contributed by atoms with Crippen molar-refractivity contribution < 1.29 is 28.2 Å². The first-order chi connectivity index (χ1) is 18.5. The maximum Gasteiger partial charge on any atom is 0.266 e. The normalized spacial score (nSPS) is 16.8. The second kappa shape index (κ2) is 12.9. The number of aliphatic hydroxyl groups is 1. The molecule has 1 atom stereocenters. The Labute approximate surface area is 219 Å². The van der Waals surface area contributed by atoms with Gasteiger partial charge in [-0.1, -0.05) is 48.6 Å². The molecule has 0 bridgehead atoms. The van der Waals surface area contributed by atoms with Crippen LogP contribution in [0.15, 0.2) is 83.9 Å². The molecule has 3 aromatic carbocycles. The Morgan fingerprint density at radius 3 is 2.61 bits per heavy atom. The van der Waals surface area contributed by atoms with Gasteiger partial charge in [0.25, 0.3) is 5.91 Å². The Morgan fingerprint density at radius 1 is 1.08 bits per heavy atom. The molecule has 0 saturated carbocycles. The average molecular weight is 522 g/mol. The van der Waals surface area contributed by atoms with Gasteiger partial charge in [0, 0.05) is 31.6 Å². The zero-order valence-corrected chi connectivity index (χ0v) is 20.7. The van der Waals surface area contributed by atoms with Crippen molar-refractivity contribution >= 4 is 17.9 Å². The van der Waals surface area contributed by atoms with E-state index < -0.39 is 23.1 Å². The van der Waals surface area contributed by atoms with E-state index in [1.165, 1.54) is 6.07 Å². The number of hydrogen-bond donors (Lipinski definition) is 3. The van der Waals surface area contributed by atoms with Crippen LogP contribution in [0.4, 0.5) is 8.78 Å². The summed E-state index contributed by atoms with van der Waals surface area (Å²) in [6, 6.07) is 20.4. The third-order valence-corrected chi connectivity index (χ3v) is 5.90. The Kier molecular flexibility index (Phi) is 9.18. The van der Waals surface area contributed by atoms with Crippen molar-refractivity contribution in [2.24, 2.45) is 4.99 Å². The molecule has 198 valence electrons. The molecule has 0 aromatic heterocycles. The van der Waals surface area contributed by atoms with Gasteiger partial charge < -0.3 is 14.6 Å². The van der Waals surface area contributed by atoms with E-state index in [1.54, 1.807) is 24.3 Å². The van der Waals surface area contributed by atoms with Crippen LogP contribution in [-0.4, -0.2) is 42.3 Å². The summed E-state index contributed by atoms with van der Waals surface area (Å²) in [4.78, 5) is 18.0. The van der Waals surface area contributed by atoms with Crippen molar-refractivity contribution in [1.82, 2.24) is 10.9 Å². The van der Waals surface area contributed by atoms with Gasteiger partial charge in [0.2, 0.25) is 5.90 Å². The highest BCUT2D eigenvalue weighted by Crippen LogP contribution is 2.27. The lowest BCUT2D eigenvalue weighted by Crippen LogP contribution is -2.51. The molecule has 1 heterocycles. The molecule has 0 saturated heterocycles. The molecule has 1 aliphatic heterocycles. The van der Waals surface area contributed by atoms with Crippen molar-refractivity contribution in [3.05, 3.63) is 107 Å². The van der Waals surface area contributed by atoms with Crippen LogP contribution in [0.3, 0.4) is 0 Å². The quantitative estimate of drug-likeness (QED) is 0.246. The monoisotopic (exact) mass is 521 g/mol. The number of hydrogen-bond acceptors (Lipinski definition) is 6. The molecule has 9 heteroatoms. The first-order valence-corrected chi connectivity index (χ1v) is 12.2. The minimum absolute atomic E-state index is 0.0227. The molecule has 3 aromatic rings. The van der Waals surface area contributed by atoms with Crippen LogP contribution < -0.4 is 15.6 Å². The summed E-state index contributed by atoms with van der Waals surface area (Å²) >= 11 is 0. The molecule has 0 fully saturated rings. The highest BCUT2D eigenvalue weighted by atomic mass is 19.2. The van der Waals surface area contributed by atoms with Crippen LogP contribution in [0.1, 0.15) is 29.5 Å². The van der Waals surface area contributed by atoms with Gasteiger partial charge in [-0.25, -0.2) is 19.2 Å². The van der Waals surface area contributed by atoms with Crippen LogP contribution in [0.5, 0.6) is 5.75 Å². The van der Waals surface area contributed by atoms with E-state index in [4.69, 9.17) is 14.6 Å². The summed E-state index contributed by atoms with van der Waals surface area (Å²) in [6.07, 6.45) is 4.59. The van der Waals surface area contributed by atoms with Gasteiger partial charge in [0.15, 0.2) is 17.2 Å². The van der Waals surface area contributed by atoms with Crippen molar-refractivity contribution in [1.29, 1.82) is 0 Å². The average Bonchev–Trinajstić information content (AvgIpc) is 3.37. The molecule has 7 nitrogen and oxygen atoms in total. The van der Waals surface area contributed by atoms with E-state index in [0.717, 1.165) is 17.7 Å². The molecule has 0 spiro atoms. The van der Waals surface area contributed by atoms with Gasteiger partial charge in [0.05, 0.1) is 6.61 Å². The van der Waals surface area contributed by atoms with E-state index in [0.29, 0.717) is 35.8 Å². The lowest BCUT2D eigenvalue weighted by molar-refractivity contribution is -0.127. The molecular formula is C29H29F2N3O4. The maximum atomic E-state index is 13.5. The third kappa shape index (κ3) is 7.02. The number of amides is 1. The molecule has 3 N–H and O–H groups in total. The van der Waals surface area contributed by atoms with E-state index >= 15 is 0 Å². The molecule has 0 unspecified atom stereocenters. The number of ether oxygens (including phenoxy) is 2. The Hall–Kier alpha value is -4.08. The first-order valence-electron chi connectivity index (χ1n) is 12.2. The molecule has 4 rings (SSSR count). The van der Waals surface area contributed by atoms with Crippen LogP contribution >= 0.6 is 0 Å². The number of nitrogens with zero attached hydrogens (tertiary/aromatic N) is 1. The van der Waals surface area contributed by atoms with E-state index in [1.807, 2.05) is 42.5 Å². The summed E-state index contributed by atoms with van der Waals surface area (Å²) in [5, 5.41) is 8.90. The number of carbonyl (C=O) groups excluding carboxylic acids is 1. The fourth-order valence-corrected chi connectivity index (χ4v) is 3.80. The predicted molar refractivity (Wildman–Crippen MR) is 140 cm³/mol. The van der Waals surface area contributed by atoms with Crippen molar-refractivity contribution in [2.75, 3.05) is 19.8 Å². The molecular weight excluding hydrogens is 492 g/mol. The molecule has 1 amide bonds. The minimum Gasteiger partial charge on any atom is -0.494 e. The summed E-state index contributed by atoms with van der Waals surface area (Å²) in [6.45, 7) is 0.575. The topological polar surface area (TPSA) is 92.2 Å². The van der Waals surface area contributed by atoms with Crippen LogP contribution in [-0.2, 0) is 16.1 Å². The van der Waals surface area contributed by atoms with Gasteiger partial charge in [-0.05, 0) is 47.5 Å². The zero-order chi connectivity index (χ0) is 26.8. The van der Waals surface area contributed by atoms with Gasteiger partial charge >= 0.3 is 0 Å². The third-order valence-electron chi connectivity index (χ3n) is 5.90. The number of hydrazine groups is 1. The summed E-state index contributed by atoms with van der Waals surface area (Å²) in [5.41, 5.74) is 6.32. The number of benzene rings is 3. The summed E-state index contributed by atoms with van der Waals surface area (Å²) in [7, 11) is 0. The number of halogens is 2. The molecule has 0 radical (unpaired) electrons. The van der Waals surface area contributed by atoms with Gasteiger partial charge in [-0.15, -0.1) is 0 Å². The Balaban J connectivity index is 1.48. The van der Waals surface area contributed by atoms with Crippen LogP contribution in [0.25, 0.3) is 6.08 Å². The van der Waals surface area contributed by atoms with Crippen molar-refractivity contribution in [3.8, 4) is 5.75 Å². The molecule has 1 aliphatic rings. The largest absolute Gasteiger partial charge is 0.494 e. The summed E-state index contributed by atoms with van der Waals surface area (Å²) < 4.78 is 38.1. The second-order valence-electron chi connectivity index (χ2n) is 8.76. The number of aliphatic imine (C=N–C) groups is 1. The lowest BCUT2D eigenvalue weighted by atomic mass is 9.95. The number of carbonyl (C=O) groups is 1. The number of rotatable bonds is 12. The van der Waals surface area contributed by atoms with Crippen LogP contribution in [0, 0.1) is 11.6 Å². The lowest BCUT2D eigenvalue weighted by Gasteiger charge is -2.22. The van der Waals surface area contributed by atoms with Gasteiger partial charge in [-0.2, -0.15) is 0 Å². The van der Waals surface area contributed by atoms with Crippen LogP contribution in [0.2, 0.25) is 0 Å². The maximum absolute atomic E-state index is 13.5. The standard InChI is InChI=1S/C29H29F2N3O4/c30-25-14-9-22(18-26(25)31)19-32-34-28(36)29(15-4-8-21-6-2-1-3-7-21)20-38-27(33-29)23-10-12-24(13-11-23)37-17-5-16-35/h1-4,6-14,18,32,35H,5,15-17,19-20H2,(H,34,36)/b8-4+/t29-/m0/s1. The van der Waals surface area contributed by atoms with E-state index in [-0.39, 0.29) is 26.2 Å². The molecule has 0 aliphatic carbocycles. The Bertz CT molecular complexity index is 1280. The molecule has 38 heavy (non-hydrogen) atoms. The van der Waals surface area contributed by atoms with Gasteiger partial charge in [0.1, 0.15) is 12.4 Å². The van der Waals surface area contributed by atoms with E-state index in [2.05, 4.69) is 15.8 Å². The first kappa shape index (κ1) is 27.0. The SMILES string of the molecule is O=C(NNCc1ccc(F)c(F)c1)[C@]1(C/C=C/c2ccccc2)COC(c2ccc(OCCCO)cc2)=N1. The highest BCUT2D eigenvalue weighted by molar-refractivity contribution is 6.00.